The summed E-state index contributed by atoms with van der Waals surface area (Å²) in [7, 11) is -3.84. The number of pyridine rings is 1. The molecule has 0 saturated carbocycles. The molecule has 0 aliphatic carbocycles. The van der Waals surface area contributed by atoms with Gasteiger partial charge in [0.2, 0.25) is 10.0 Å². The van der Waals surface area contributed by atoms with Crippen LogP contribution in [0.1, 0.15) is 13.3 Å². The van der Waals surface area contributed by atoms with Crippen molar-refractivity contribution in [3.05, 3.63) is 22.9 Å². The molecule has 0 amide bonds. The average molecular weight is 339 g/mol. The molecular weight excluding hydrogens is 324 g/mol. The Morgan fingerprint density at radius 1 is 1.39 bits per heavy atom. The predicted molar refractivity (Wildman–Crippen MR) is 69.5 cm³/mol. The fraction of sp³-hybridized carbons (Fsp3) is 0.500. The van der Waals surface area contributed by atoms with Crippen LogP contribution in [0.4, 0.5) is 0 Å². The summed E-state index contributed by atoms with van der Waals surface area (Å²) in [6.07, 6.45) is 2.92. The zero-order chi connectivity index (χ0) is 13.8. The lowest BCUT2D eigenvalue weighted by Crippen LogP contribution is -2.53. The third-order valence-corrected chi connectivity index (χ3v) is 4.60. The molecule has 3 N–H and O–H groups in total. The first-order valence-electron chi connectivity index (χ1n) is 5.25. The van der Waals surface area contributed by atoms with Crippen LogP contribution in [-0.4, -0.2) is 42.4 Å². The molecule has 1 heterocycles. The first-order valence-corrected chi connectivity index (χ1v) is 7.53. The first-order chi connectivity index (χ1) is 8.39. The molecule has 1 rings (SSSR count). The largest absolute Gasteiger partial charge is 0.394 e. The summed E-state index contributed by atoms with van der Waals surface area (Å²) >= 11 is 3.13. The van der Waals surface area contributed by atoms with Crippen molar-refractivity contribution in [2.75, 3.05) is 13.2 Å². The highest BCUT2D eigenvalue weighted by atomic mass is 79.9. The number of hydrogen-bond acceptors (Lipinski definition) is 5. The van der Waals surface area contributed by atoms with Crippen LogP contribution < -0.4 is 4.72 Å². The standard InChI is InChI=1S/C10H15BrN2O4S/c1-2-10(6-14,7-15)13-18(16,17)9-3-8(11)4-12-5-9/h3-5,13-15H,2,6-7H2,1H3. The zero-order valence-corrected chi connectivity index (χ0v) is 12.2. The number of hydrogen-bond donors (Lipinski definition) is 3. The number of aliphatic hydroxyl groups is 2. The number of nitrogens with one attached hydrogen (secondary N) is 1. The molecule has 102 valence electrons. The molecular formula is C10H15BrN2O4S. The van der Waals surface area contributed by atoms with Crippen molar-refractivity contribution in [3.63, 3.8) is 0 Å². The summed E-state index contributed by atoms with van der Waals surface area (Å²) in [4.78, 5) is 3.74. The van der Waals surface area contributed by atoms with E-state index >= 15 is 0 Å². The van der Waals surface area contributed by atoms with Crippen LogP contribution in [0.3, 0.4) is 0 Å². The van der Waals surface area contributed by atoms with Gasteiger partial charge >= 0.3 is 0 Å². The van der Waals surface area contributed by atoms with E-state index in [1.807, 2.05) is 0 Å². The Hall–Kier alpha value is -0.540. The van der Waals surface area contributed by atoms with Crippen LogP contribution in [-0.2, 0) is 10.0 Å². The molecule has 6 nitrogen and oxygen atoms in total. The quantitative estimate of drug-likeness (QED) is 0.690. The minimum atomic E-state index is -3.84. The Labute approximate surface area is 114 Å². The molecule has 0 aliphatic heterocycles. The van der Waals surface area contributed by atoms with E-state index in [0.717, 1.165) is 0 Å². The first kappa shape index (κ1) is 15.5. The van der Waals surface area contributed by atoms with Gasteiger partial charge in [0.25, 0.3) is 0 Å². The average Bonchev–Trinajstić information content (AvgIpc) is 2.36. The van der Waals surface area contributed by atoms with Crippen LogP contribution in [0.2, 0.25) is 0 Å². The summed E-state index contributed by atoms with van der Waals surface area (Å²) < 4.78 is 27.0. The number of halogens is 1. The van der Waals surface area contributed by atoms with Gasteiger partial charge in [0, 0.05) is 16.9 Å². The molecule has 18 heavy (non-hydrogen) atoms. The van der Waals surface area contributed by atoms with E-state index in [0.29, 0.717) is 4.47 Å². The molecule has 1 aromatic rings. The van der Waals surface area contributed by atoms with Crippen molar-refractivity contribution in [1.82, 2.24) is 9.71 Å². The van der Waals surface area contributed by atoms with Gasteiger partial charge in [0.1, 0.15) is 4.90 Å². The van der Waals surface area contributed by atoms with Crippen LogP contribution in [0.5, 0.6) is 0 Å². The van der Waals surface area contributed by atoms with Gasteiger partial charge in [0.05, 0.1) is 18.8 Å². The fourth-order valence-corrected chi connectivity index (χ4v) is 3.25. The lowest BCUT2D eigenvalue weighted by atomic mass is 10.0. The number of sulfonamides is 1. The summed E-state index contributed by atoms with van der Waals surface area (Å²) in [6.45, 7) is 0.704. The summed E-state index contributed by atoms with van der Waals surface area (Å²) in [6, 6.07) is 1.39. The van der Waals surface area contributed by atoms with Crippen molar-refractivity contribution in [1.29, 1.82) is 0 Å². The van der Waals surface area contributed by atoms with Crippen molar-refractivity contribution < 1.29 is 18.6 Å². The Kier molecular flexibility index (Phi) is 5.23. The maximum Gasteiger partial charge on any atom is 0.242 e. The highest BCUT2D eigenvalue weighted by molar-refractivity contribution is 9.10. The number of aromatic nitrogens is 1. The monoisotopic (exact) mass is 338 g/mol. The van der Waals surface area contributed by atoms with Gasteiger partial charge in [-0.2, -0.15) is 0 Å². The summed E-state index contributed by atoms with van der Waals surface area (Å²) in [5, 5.41) is 18.5. The molecule has 0 aromatic carbocycles. The van der Waals surface area contributed by atoms with Crippen molar-refractivity contribution in [2.45, 2.75) is 23.8 Å². The Morgan fingerprint density at radius 2 is 2.00 bits per heavy atom. The molecule has 0 saturated heterocycles. The minimum absolute atomic E-state index is 0.0309. The molecule has 0 radical (unpaired) electrons. The topological polar surface area (TPSA) is 99.5 Å². The van der Waals surface area contributed by atoms with Gasteiger partial charge in [-0.05, 0) is 28.4 Å². The SMILES string of the molecule is CCC(CO)(CO)NS(=O)(=O)c1cncc(Br)c1. The Morgan fingerprint density at radius 3 is 2.44 bits per heavy atom. The van der Waals surface area contributed by atoms with E-state index in [2.05, 4.69) is 25.6 Å². The molecule has 8 heteroatoms. The van der Waals surface area contributed by atoms with Crippen LogP contribution in [0.25, 0.3) is 0 Å². The van der Waals surface area contributed by atoms with Gasteiger partial charge in [0.15, 0.2) is 0 Å². The minimum Gasteiger partial charge on any atom is -0.394 e. The second kappa shape index (κ2) is 6.07. The third-order valence-electron chi connectivity index (χ3n) is 2.62. The predicted octanol–water partition coefficient (Wildman–Crippen LogP) is 0.256. The third kappa shape index (κ3) is 3.48. The van der Waals surface area contributed by atoms with Gasteiger partial charge < -0.3 is 10.2 Å². The zero-order valence-electron chi connectivity index (χ0n) is 9.80. The maximum absolute atomic E-state index is 12.1. The molecule has 0 unspecified atom stereocenters. The van der Waals surface area contributed by atoms with E-state index < -0.39 is 28.8 Å². The number of rotatable bonds is 6. The molecule has 0 bridgehead atoms. The summed E-state index contributed by atoms with van der Waals surface area (Å²) in [5.41, 5.74) is -1.26. The molecule has 0 atom stereocenters. The lowest BCUT2D eigenvalue weighted by Gasteiger charge is -2.29. The highest BCUT2D eigenvalue weighted by Crippen LogP contribution is 2.18. The van der Waals surface area contributed by atoms with Crippen molar-refractivity contribution in [2.24, 2.45) is 0 Å². The smallest absolute Gasteiger partial charge is 0.242 e. The van der Waals surface area contributed by atoms with Gasteiger partial charge in [-0.1, -0.05) is 6.92 Å². The molecule has 0 aliphatic rings. The molecule has 0 spiro atoms. The van der Waals surface area contributed by atoms with E-state index in [4.69, 9.17) is 0 Å². The van der Waals surface area contributed by atoms with Gasteiger partial charge in [-0.15, -0.1) is 0 Å². The van der Waals surface area contributed by atoms with Crippen molar-refractivity contribution in [3.8, 4) is 0 Å². The second-order valence-electron chi connectivity index (χ2n) is 3.89. The van der Waals surface area contributed by atoms with Gasteiger partial charge in [-0.3, -0.25) is 4.98 Å². The van der Waals surface area contributed by atoms with E-state index in [1.165, 1.54) is 18.5 Å². The van der Waals surface area contributed by atoms with E-state index in [9.17, 15) is 18.6 Å². The second-order valence-corrected chi connectivity index (χ2v) is 6.49. The van der Waals surface area contributed by atoms with Crippen molar-refractivity contribution >= 4 is 26.0 Å². The molecule has 1 aromatic heterocycles. The molecule has 0 fully saturated rings. The van der Waals surface area contributed by atoms with Crippen LogP contribution >= 0.6 is 15.9 Å². The number of nitrogens with zero attached hydrogens (tertiary/aromatic N) is 1. The Balaban J connectivity index is 3.08. The van der Waals surface area contributed by atoms with Crippen LogP contribution in [0.15, 0.2) is 27.8 Å². The number of aliphatic hydroxyl groups excluding tert-OH is 2. The van der Waals surface area contributed by atoms with Gasteiger partial charge in [-0.25, -0.2) is 13.1 Å². The maximum atomic E-state index is 12.1. The van der Waals surface area contributed by atoms with E-state index in [-0.39, 0.29) is 11.3 Å². The van der Waals surface area contributed by atoms with E-state index in [1.54, 1.807) is 6.92 Å². The Bertz CT molecular complexity index is 494. The fourth-order valence-electron chi connectivity index (χ4n) is 1.29. The van der Waals surface area contributed by atoms with Crippen LogP contribution in [0, 0.1) is 0 Å². The summed E-state index contributed by atoms with van der Waals surface area (Å²) in [5.74, 6) is 0. The lowest BCUT2D eigenvalue weighted by molar-refractivity contribution is 0.105. The normalized spacial score (nSPS) is 12.7. The highest BCUT2D eigenvalue weighted by Gasteiger charge is 2.32.